The zero-order chi connectivity index (χ0) is 11.8. The minimum Gasteiger partial charge on any atom is -0.397 e. The van der Waals surface area contributed by atoms with Crippen molar-refractivity contribution >= 4 is 31.9 Å². The first-order valence-corrected chi connectivity index (χ1v) is 8.95. The summed E-state index contributed by atoms with van der Waals surface area (Å²) in [6.45, 7) is 5.56. The van der Waals surface area contributed by atoms with E-state index in [1.165, 1.54) is 11.1 Å². The van der Waals surface area contributed by atoms with Crippen LogP contribution >= 0.6 is 22.6 Å². The molecule has 0 aromatic heterocycles. The molecule has 4 heteroatoms. The predicted octanol–water partition coefficient (Wildman–Crippen LogP) is 3.00. The number of benzene rings is 1. The van der Waals surface area contributed by atoms with Gasteiger partial charge in [0.15, 0.2) is 0 Å². The normalized spacial score (nSPS) is 11.0. The highest BCUT2D eigenvalue weighted by Crippen LogP contribution is 2.10. The van der Waals surface area contributed by atoms with Crippen LogP contribution in [0, 0.1) is 0 Å². The van der Waals surface area contributed by atoms with E-state index in [9.17, 15) is 0 Å². The van der Waals surface area contributed by atoms with E-state index in [1.807, 2.05) is 13.8 Å². The molecule has 2 nitrogen and oxygen atoms in total. The topological polar surface area (TPSA) is 18.5 Å². The molecule has 16 heavy (non-hydrogen) atoms. The fraction of sp³-hybridized carbons (Fsp3) is 0.500. The molecule has 0 unspecified atom stereocenters. The second kappa shape index (κ2) is 8.22. The van der Waals surface area contributed by atoms with Crippen molar-refractivity contribution in [1.29, 1.82) is 0 Å². The Hall–Kier alpha value is 0.0869. The smallest absolute Gasteiger partial charge is 0.325 e. The fourth-order valence-corrected chi connectivity index (χ4v) is 3.74. The van der Waals surface area contributed by atoms with Crippen LogP contribution in [-0.4, -0.2) is 22.5 Å². The molecule has 1 aromatic rings. The van der Waals surface area contributed by atoms with Gasteiger partial charge in [-0.1, -0.05) is 46.9 Å². The Bertz CT molecular complexity index is 284. The molecule has 0 N–H and O–H groups in total. The monoisotopic (exact) mass is 350 g/mol. The summed E-state index contributed by atoms with van der Waals surface area (Å²) < 4.78 is 12.4. The Labute approximate surface area is 113 Å². The number of hydrogen-bond acceptors (Lipinski definition) is 2. The molecule has 0 atom stereocenters. The van der Waals surface area contributed by atoms with Gasteiger partial charge in [-0.2, -0.15) is 0 Å². The van der Waals surface area contributed by atoms with Crippen molar-refractivity contribution in [3.05, 3.63) is 35.4 Å². The number of alkyl halides is 1. The highest BCUT2D eigenvalue weighted by atomic mass is 127. The Kier molecular flexibility index (Phi) is 7.27. The van der Waals surface area contributed by atoms with Gasteiger partial charge in [-0.15, -0.1) is 0 Å². The van der Waals surface area contributed by atoms with Gasteiger partial charge in [0.05, 0.1) is 0 Å². The molecule has 0 aliphatic carbocycles. The molecule has 0 saturated heterocycles. The fourth-order valence-electron chi connectivity index (χ4n) is 1.49. The van der Waals surface area contributed by atoms with Gasteiger partial charge in [-0.05, 0) is 25.0 Å². The first-order valence-electron chi connectivity index (χ1n) is 5.67. The summed E-state index contributed by atoms with van der Waals surface area (Å²) in [6, 6.07) is 9.71. The van der Waals surface area contributed by atoms with Crippen LogP contribution in [0.15, 0.2) is 24.3 Å². The lowest BCUT2D eigenvalue weighted by Gasteiger charge is -2.14. The molecule has 0 amide bonds. The summed E-state index contributed by atoms with van der Waals surface area (Å²) in [5.74, 6) is 0. The Morgan fingerprint density at radius 2 is 1.50 bits per heavy atom. The predicted molar refractivity (Wildman–Crippen MR) is 78.3 cm³/mol. The van der Waals surface area contributed by atoms with Gasteiger partial charge in [0.2, 0.25) is 0 Å². The summed E-state index contributed by atoms with van der Waals surface area (Å²) in [4.78, 5) is 0. The van der Waals surface area contributed by atoms with Gasteiger partial charge in [-0.3, -0.25) is 0 Å². The van der Waals surface area contributed by atoms with Crippen molar-refractivity contribution in [2.24, 2.45) is 0 Å². The van der Waals surface area contributed by atoms with Crippen LogP contribution in [-0.2, 0) is 19.3 Å². The summed E-state index contributed by atoms with van der Waals surface area (Å²) in [5.41, 5.74) is 2.70. The summed E-state index contributed by atoms with van der Waals surface area (Å²) in [7, 11) is -1.49. The maximum atomic E-state index is 5.66. The zero-order valence-electron chi connectivity index (χ0n) is 9.91. The molecular formula is C12H19IO2Si. The second-order valence-electron chi connectivity index (χ2n) is 3.49. The second-order valence-corrected chi connectivity index (χ2v) is 6.19. The van der Waals surface area contributed by atoms with Crippen LogP contribution < -0.4 is 0 Å². The average Bonchev–Trinajstić information content (AvgIpc) is 2.31. The molecule has 1 rings (SSSR count). The molecule has 0 heterocycles. The van der Waals surface area contributed by atoms with Gasteiger partial charge in [0.25, 0.3) is 0 Å². The molecular weight excluding hydrogens is 331 g/mol. The van der Waals surface area contributed by atoms with Crippen molar-refractivity contribution in [2.45, 2.75) is 24.3 Å². The lowest BCUT2D eigenvalue weighted by molar-refractivity contribution is 0.213. The van der Waals surface area contributed by atoms with Crippen molar-refractivity contribution in [2.75, 3.05) is 13.2 Å². The highest BCUT2D eigenvalue weighted by Gasteiger charge is 2.12. The van der Waals surface area contributed by atoms with Crippen LogP contribution in [0.25, 0.3) is 0 Å². The van der Waals surface area contributed by atoms with Crippen molar-refractivity contribution in [1.82, 2.24) is 0 Å². The van der Waals surface area contributed by atoms with Gasteiger partial charge in [-0.25, -0.2) is 0 Å². The lowest BCUT2D eigenvalue weighted by atomic mass is 10.2. The minimum atomic E-state index is -1.49. The molecule has 0 fully saturated rings. The number of halogens is 1. The van der Waals surface area contributed by atoms with Crippen molar-refractivity contribution in [3.63, 3.8) is 0 Å². The van der Waals surface area contributed by atoms with Crippen LogP contribution in [0.1, 0.15) is 25.0 Å². The van der Waals surface area contributed by atoms with Gasteiger partial charge < -0.3 is 8.85 Å². The summed E-state index contributed by atoms with van der Waals surface area (Å²) in [5, 5.41) is 0. The van der Waals surface area contributed by atoms with Crippen molar-refractivity contribution in [3.8, 4) is 0 Å². The van der Waals surface area contributed by atoms with E-state index in [4.69, 9.17) is 8.85 Å². The van der Waals surface area contributed by atoms with Crippen LogP contribution in [0.3, 0.4) is 0 Å². The molecule has 90 valence electrons. The third-order valence-electron chi connectivity index (χ3n) is 2.28. The van der Waals surface area contributed by atoms with Crippen LogP contribution in [0.5, 0.6) is 0 Å². The van der Waals surface area contributed by atoms with Gasteiger partial charge in [0, 0.05) is 23.7 Å². The Morgan fingerprint density at radius 3 is 1.94 bits per heavy atom. The minimum absolute atomic E-state index is 0.753. The molecule has 0 saturated carbocycles. The van der Waals surface area contributed by atoms with E-state index in [1.54, 1.807) is 0 Å². The van der Waals surface area contributed by atoms with Gasteiger partial charge >= 0.3 is 9.28 Å². The molecule has 0 aliphatic heterocycles. The standard InChI is InChI=1S/C12H19IO2Si/c1-3-14-16(15-4-2)10-12-7-5-11(9-13)6-8-12/h5-8,16H,3-4,9-10H2,1-2H3. The van der Waals surface area contributed by atoms with E-state index < -0.39 is 9.28 Å². The van der Waals surface area contributed by atoms with Gasteiger partial charge in [0.1, 0.15) is 0 Å². The maximum Gasteiger partial charge on any atom is 0.325 e. The van der Waals surface area contributed by atoms with Crippen LogP contribution in [0.2, 0.25) is 0 Å². The first-order chi connectivity index (χ1) is 7.80. The van der Waals surface area contributed by atoms with E-state index in [0.717, 1.165) is 23.7 Å². The SMILES string of the molecule is CCO[SiH](Cc1ccc(CI)cc1)OCC. The first kappa shape index (κ1) is 14.1. The Morgan fingerprint density at radius 1 is 1.00 bits per heavy atom. The molecule has 0 bridgehead atoms. The quantitative estimate of drug-likeness (QED) is 0.428. The Balaban J connectivity index is 2.54. The number of rotatable bonds is 7. The third kappa shape index (κ3) is 4.95. The van der Waals surface area contributed by atoms with E-state index in [2.05, 4.69) is 46.9 Å². The molecule has 0 radical (unpaired) electrons. The number of hydrogen-bond donors (Lipinski definition) is 0. The average molecular weight is 350 g/mol. The van der Waals surface area contributed by atoms with E-state index >= 15 is 0 Å². The molecule has 1 aromatic carbocycles. The zero-order valence-corrected chi connectivity index (χ0v) is 13.2. The highest BCUT2D eigenvalue weighted by molar-refractivity contribution is 14.1. The maximum absolute atomic E-state index is 5.66. The third-order valence-corrected chi connectivity index (χ3v) is 5.38. The lowest BCUT2D eigenvalue weighted by Crippen LogP contribution is -2.26. The summed E-state index contributed by atoms with van der Waals surface area (Å²) >= 11 is 2.38. The van der Waals surface area contributed by atoms with E-state index in [0.29, 0.717) is 0 Å². The molecule has 0 aliphatic rings. The summed E-state index contributed by atoms with van der Waals surface area (Å²) in [6.07, 6.45) is 0. The largest absolute Gasteiger partial charge is 0.397 e. The molecule has 0 spiro atoms. The van der Waals surface area contributed by atoms with Crippen molar-refractivity contribution < 1.29 is 8.85 Å². The van der Waals surface area contributed by atoms with Crippen LogP contribution in [0.4, 0.5) is 0 Å². The van der Waals surface area contributed by atoms with E-state index in [-0.39, 0.29) is 0 Å².